The number of hydrogen-bond acceptors (Lipinski definition) is 5. The number of para-hydroxylation sites is 2. The van der Waals surface area contributed by atoms with Crippen molar-refractivity contribution in [1.29, 1.82) is 0 Å². The van der Waals surface area contributed by atoms with Crippen molar-refractivity contribution in [3.05, 3.63) is 95.9 Å². The van der Waals surface area contributed by atoms with Crippen LogP contribution in [0.5, 0.6) is 0 Å². The van der Waals surface area contributed by atoms with E-state index in [1.54, 1.807) is 18.2 Å². The lowest BCUT2D eigenvalue weighted by Crippen LogP contribution is -2.13. The topological polar surface area (TPSA) is 120 Å². The monoisotopic (exact) mass is 437 g/mol. The standard InChI is InChI=1S/C25H19N5O3/c31-24(19-8-2-5-16-10-11-26-21(16)19)30-17-6-1-4-15(12-17)13-27-23-18-7-3-9-20(25(32)33)22(18)28-14-29-23/h1-12,14,26H,13H2,(H,30,31)(H,32,33)(H,27,28,29). The lowest BCUT2D eigenvalue weighted by molar-refractivity contribution is 0.0698. The fourth-order valence-electron chi connectivity index (χ4n) is 3.82. The zero-order valence-electron chi connectivity index (χ0n) is 17.4. The summed E-state index contributed by atoms with van der Waals surface area (Å²) in [6.45, 7) is 0.430. The molecule has 0 spiro atoms. The molecule has 0 unspecified atom stereocenters. The molecular weight excluding hydrogens is 418 g/mol. The molecule has 0 saturated carbocycles. The number of anilines is 2. The zero-order valence-corrected chi connectivity index (χ0v) is 17.4. The third-order valence-corrected chi connectivity index (χ3v) is 5.37. The first-order chi connectivity index (χ1) is 16.1. The number of nitrogens with zero attached hydrogens (tertiary/aromatic N) is 2. The first-order valence-electron chi connectivity index (χ1n) is 10.3. The second kappa shape index (κ2) is 8.43. The minimum Gasteiger partial charge on any atom is -0.478 e. The van der Waals surface area contributed by atoms with Crippen LogP contribution in [0, 0.1) is 0 Å². The first-order valence-corrected chi connectivity index (χ1v) is 10.3. The summed E-state index contributed by atoms with van der Waals surface area (Å²) < 4.78 is 0. The van der Waals surface area contributed by atoms with E-state index in [0.717, 1.165) is 16.5 Å². The van der Waals surface area contributed by atoms with Crippen LogP contribution in [0.25, 0.3) is 21.8 Å². The minimum atomic E-state index is -1.04. The van der Waals surface area contributed by atoms with E-state index in [2.05, 4.69) is 25.6 Å². The lowest BCUT2D eigenvalue weighted by Gasteiger charge is -2.11. The van der Waals surface area contributed by atoms with Crippen LogP contribution in [0.4, 0.5) is 11.5 Å². The van der Waals surface area contributed by atoms with Gasteiger partial charge in [0.1, 0.15) is 12.1 Å². The van der Waals surface area contributed by atoms with Crippen molar-refractivity contribution in [2.75, 3.05) is 10.6 Å². The van der Waals surface area contributed by atoms with Gasteiger partial charge >= 0.3 is 5.97 Å². The highest BCUT2D eigenvalue weighted by atomic mass is 16.4. The number of hydrogen-bond donors (Lipinski definition) is 4. The number of aromatic nitrogens is 3. The molecule has 5 rings (SSSR count). The van der Waals surface area contributed by atoms with E-state index in [1.807, 2.05) is 48.7 Å². The van der Waals surface area contributed by atoms with Gasteiger partial charge in [0.2, 0.25) is 0 Å². The Morgan fingerprint density at radius 2 is 1.76 bits per heavy atom. The number of amides is 1. The maximum absolute atomic E-state index is 12.8. The van der Waals surface area contributed by atoms with Crippen LogP contribution in [0.3, 0.4) is 0 Å². The van der Waals surface area contributed by atoms with Crippen LogP contribution in [-0.2, 0) is 6.54 Å². The molecule has 2 heterocycles. The number of carbonyl (C=O) groups is 2. The van der Waals surface area contributed by atoms with Crippen molar-refractivity contribution >= 4 is 45.2 Å². The van der Waals surface area contributed by atoms with Crippen LogP contribution in [-0.4, -0.2) is 31.9 Å². The molecule has 0 radical (unpaired) electrons. The normalized spacial score (nSPS) is 10.9. The second-order valence-corrected chi connectivity index (χ2v) is 7.48. The van der Waals surface area contributed by atoms with Gasteiger partial charge in [0.25, 0.3) is 5.91 Å². The van der Waals surface area contributed by atoms with E-state index < -0.39 is 5.97 Å². The third-order valence-electron chi connectivity index (χ3n) is 5.37. The van der Waals surface area contributed by atoms with E-state index in [9.17, 15) is 14.7 Å². The highest BCUT2D eigenvalue weighted by Crippen LogP contribution is 2.23. The Bertz CT molecular complexity index is 1510. The Hall–Kier alpha value is -4.72. The molecule has 0 saturated heterocycles. The van der Waals surface area contributed by atoms with Gasteiger partial charge in [-0.2, -0.15) is 0 Å². The van der Waals surface area contributed by atoms with E-state index in [-0.39, 0.29) is 11.5 Å². The van der Waals surface area contributed by atoms with Crippen molar-refractivity contribution < 1.29 is 14.7 Å². The lowest BCUT2D eigenvalue weighted by atomic mass is 10.1. The summed E-state index contributed by atoms with van der Waals surface area (Å²) >= 11 is 0. The van der Waals surface area contributed by atoms with E-state index in [0.29, 0.717) is 34.5 Å². The number of H-pyrrole nitrogens is 1. The molecule has 4 N–H and O–H groups in total. The number of carboxylic acid groups (broad SMARTS) is 1. The summed E-state index contributed by atoms with van der Waals surface area (Å²) in [6.07, 6.45) is 3.15. The van der Waals surface area contributed by atoms with E-state index in [1.165, 1.54) is 12.4 Å². The summed E-state index contributed by atoms with van der Waals surface area (Å²) in [5, 5.41) is 17.2. The number of aromatic carboxylic acids is 1. The zero-order chi connectivity index (χ0) is 22.8. The highest BCUT2D eigenvalue weighted by molar-refractivity contribution is 6.12. The molecule has 0 fully saturated rings. The maximum atomic E-state index is 12.8. The molecule has 8 nitrogen and oxygen atoms in total. The van der Waals surface area contributed by atoms with Crippen molar-refractivity contribution in [1.82, 2.24) is 15.0 Å². The molecule has 5 aromatic rings. The summed E-state index contributed by atoms with van der Waals surface area (Å²) in [7, 11) is 0. The fourth-order valence-corrected chi connectivity index (χ4v) is 3.82. The van der Waals surface area contributed by atoms with Crippen LogP contribution >= 0.6 is 0 Å². The molecule has 3 aromatic carbocycles. The Labute approximate surface area is 188 Å². The van der Waals surface area contributed by atoms with Gasteiger partial charge in [-0.3, -0.25) is 4.79 Å². The number of carboxylic acids is 1. The maximum Gasteiger partial charge on any atom is 0.337 e. The highest BCUT2D eigenvalue weighted by Gasteiger charge is 2.13. The molecular formula is C25H19N5O3. The predicted molar refractivity (Wildman–Crippen MR) is 127 cm³/mol. The molecule has 8 heteroatoms. The molecule has 2 aromatic heterocycles. The Morgan fingerprint density at radius 3 is 2.64 bits per heavy atom. The number of rotatable bonds is 6. The number of benzene rings is 3. The van der Waals surface area contributed by atoms with Gasteiger partial charge < -0.3 is 20.7 Å². The van der Waals surface area contributed by atoms with Crippen molar-refractivity contribution in [3.8, 4) is 0 Å². The molecule has 1 amide bonds. The smallest absolute Gasteiger partial charge is 0.337 e. The van der Waals surface area contributed by atoms with Gasteiger partial charge in [0.05, 0.1) is 22.2 Å². The van der Waals surface area contributed by atoms with Crippen molar-refractivity contribution in [3.63, 3.8) is 0 Å². The Balaban J connectivity index is 1.34. The van der Waals surface area contributed by atoms with Gasteiger partial charge in [-0.25, -0.2) is 14.8 Å². The third kappa shape index (κ3) is 3.97. The molecule has 0 atom stereocenters. The molecule has 0 bridgehead atoms. The van der Waals surface area contributed by atoms with Crippen LogP contribution < -0.4 is 10.6 Å². The molecule has 0 aliphatic heterocycles. The van der Waals surface area contributed by atoms with Gasteiger partial charge in [-0.05, 0) is 42.0 Å². The van der Waals surface area contributed by atoms with Crippen LogP contribution in [0.15, 0.2) is 79.3 Å². The SMILES string of the molecule is O=C(O)c1cccc2c(NCc3cccc(NC(=O)c4cccc5cc[nH]c45)c3)ncnc12. The van der Waals surface area contributed by atoms with Crippen LogP contribution in [0.2, 0.25) is 0 Å². The number of aromatic amines is 1. The Morgan fingerprint density at radius 1 is 0.939 bits per heavy atom. The molecule has 33 heavy (non-hydrogen) atoms. The van der Waals surface area contributed by atoms with Gasteiger partial charge in [0, 0.05) is 29.2 Å². The molecule has 162 valence electrons. The average molecular weight is 437 g/mol. The van der Waals surface area contributed by atoms with Crippen molar-refractivity contribution in [2.24, 2.45) is 0 Å². The summed E-state index contributed by atoms with van der Waals surface area (Å²) in [5.74, 6) is -0.698. The predicted octanol–water partition coefficient (Wildman–Crippen LogP) is 4.67. The van der Waals surface area contributed by atoms with Gasteiger partial charge in [0.15, 0.2) is 0 Å². The molecule has 0 aliphatic carbocycles. The average Bonchev–Trinajstić information content (AvgIpc) is 3.31. The first kappa shape index (κ1) is 20.2. The fraction of sp³-hybridized carbons (Fsp3) is 0.0400. The Kier molecular flexibility index (Phi) is 5.16. The minimum absolute atomic E-state index is 0.125. The summed E-state index contributed by atoms with van der Waals surface area (Å²) in [6, 6.07) is 20.0. The number of nitrogens with one attached hydrogen (secondary N) is 3. The summed E-state index contributed by atoms with van der Waals surface area (Å²) in [5.41, 5.74) is 3.46. The summed E-state index contributed by atoms with van der Waals surface area (Å²) in [4.78, 5) is 35.8. The van der Waals surface area contributed by atoms with Gasteiger partial charge in [-0.1, -0.05) is 30.3 Å². The number of carbonyl (C=O) groups excluding carboxylic acids is 1. The van der Waals surface area contributed by atoms with Crippen molar-refractivity contribution in [2.45, 2.75) is 6.54 Å². The quantitative estimate of drug-likeness (QED) is 0.306. The van der Waals surface area contributed by atoms with Gasteiger partial charge in [-0.15, -0.1) is 0 Å². The second-order valence-electron chi connectivity index (χ2n) is 7.48. The number of fused-ring (bicyclic) bond motifs is 2. The van der Waals surface area contributed by atoms with Crippen LogP contribution in [0.1, 0.15) is 26.3 Å². The molecule has 0 aliphatic rings. The van der Waals surface area contributed by atoms with E-state index >= 15 is 0 Å². The van der Waals surface area contributed by atoms with E-state index in [4.69, 9.17) is 0 Å². The largest absolute Gasteiger partial charge is 0.478 e.